The molecule has 0 fully saturated rings. The van der Waals surface area contributed by atoms with Gasteiger partial charge in [-0.15, -0.1) is 5.10 Å². The number of tetrazole rings is 1. The molecule has 6 heteroatoms. The number of hydrogen-bond donors (Lipinski definition) is 1. The Balaban J connectivity index is 2.50. The predicted octanol–water partition coefficient (Wildman–Crippen LogP) is 2.01. The van der Waals surface area contributed by atoms with E-state index in [1.807, 2.05) is 39.1 Å². The van der Waals surface area contributed by atoms with Crippen LogP contribution in [0.5, 0.6) is 0 Å². The van der Waals surface area contributed by atoms with E-state index in [0.29, 0.717) is 0 Å². The van der Waals surface area contributed by atoms with Crippen molar-refractivity contribution in [1.82, 2.24) is 25.5 Å². The molecule has 1 aromatic heterocycles. The third-order valence-electron chi connectivity index (χ3n) is 2.65. The molecule has 5 nitrogen and oxygen atoms in total. The van der Waals surface area contributed by atoms with Crippen molar-refractivity contribution >= 4 is 15.9 Å². The number of aromatic nitrogens is 4. The highest BCUT2D eigenvalue weighted by atomic mass is 79.9. The second kappa shape index (κ2) is 4.93. The number of nitrogens with one attached hydrogen (secondary N) is 1. The third kappa shape index (κ3) is 2.37. The monoisotopic (exact) mass is 295 g/mol. The van der Waals surface area contributed by atoms with Gasteiger partial charge in [0.1, 0.15) is 0 Å². The molecule has 0 amide bonds. The fourth-order valence-corrected chi connectivity index (χ4v) is 2.21. The van der Waals surface area contributed by atoms with Crippen LogP contribution in [0, 0.1) is 6.92 Å². The Morgan fingerprint density at radius 3 is 2.82 bits per heavy atom. The van der Waals surface area contributed by atoms with Gasteiger partial charge in [0.05, 0.1) is 11.7 Å². The van der Waals surface area contributed by atoms with Gasteiger partial charge in [0, 0.05) is 4.47 Å². The summed E-state index contributed by atoms with van der Waals surface area (Å²) >= 11 is 3.54. The van der Waals surface area contributed by atoms with E-state index in [-0.39, 0.29) is 6.04 Å². The Morgan fingerprint density at radius 2 is 2.18 bits per heavy atom. The first-order valence-electron chi connectivity index (χ1n) is 5.35. The molecule has 2 aromatic rings. The van der Waals surface area contributed by atoms with E-state index < -0.39 is 0 Å². The largest absolute Gasteiger partial charge is 0.311 e. The lowest BCUT2D eigenvalue weighted by atomic mass is 10.2. The summed E-state index contributed by atoms with van der Waals surface area (Å²) in [5, 5.41) is 14.9. The van der Waals surface area contributed by atoms with Crippen LogP contribution in [0.25, 0.3) is 5.69 Å². The summed E-state index contributed by atoms with van der Waals surface area (Å²) in [7, 11) is 1.88. The molecule has 1 atom stereocenters. The van der Waals surface area contributed by atoms with Gasteiger partial charge in [0.25, 0.3) is 0 Å². The molecule has 1 unspecified atom stereocenters. The highest BCUT2D eigenvalue weighted by Crippen LogP contribution is 2.23. The normalized spacial score (nSPS) is 12.7. The van der Waals surface area contributed by atoms with Crippen LogP contribution in [0.15, 0.2) is 22.7 Å². The second-order valence-electron chi connectivity index (χ2n) is 3.91. The van der Waals surface area contributed by atoms with E-state index in [2.05, 4.69) is 36.8 Å². The third-order valence-corrected chi connectivity index (χ3v) is 3.28. The fraction of sp³-hybridized carbons (Fsp3) is 0.364. The molecule has 0 radical (unpaired) electrons. The molecule has 0 aliphatic rings. The van der Waals surface area contributed by atoms with Gasteiger partial charge in [0.15, 0.2) is 5.82 Å². The number of nitrogens with zero attached hydrogens (tertiary/aromatic N) is 4. The second-order valence-corrected chi connectivity index (χ2v) is 4.77. The number of hydrogen-bond acceptors (Lipinski definition) is 4. The van der Waals surface area contributed by atoms with Crippen LogP contribution in [-0.2, 0) is 0 Å². The lowest BCUT2D eigenvalue weighted by Crippen LogP contribution is -2.18. The van der Waals surface area contributed by atoms with E-state index in [1.54, 1.807) is 4.68 Å². The molecular formula is C11H14BrN5. The standard InChI is InChI=1S/C11H14BrN5/c1-7-4-5-10(9(12)6-7)17-11(8(2)13-3)14-15-16-17/h4-6,8,13H,1-3H3. The first-order chi connectivity index (χ1) is 8.13. The topological polar surface area (TPSA) is 55.6 Å². The summed E-state index contributed by atoms with van der Waals surface area (Å²) in [6, 6.07) is 6.18. The number of benzene rings is 1. The smallest absolute Gasteiger partial charge is 0.173 e. The molecule has 17 heavy (non-hydrogen) atoms. The van der Waals surface area contributed by atoms with E-state index in [1.165, 1.54) is 5.56 Å². The number of aryl methyl sites for hydroxylation is 1. The zero-order valence-electron chi connectivity index (χ0n) is 9.98. The van der Waals surface area contributed by atoms with Crippen LogP contribution in [0.4, 0.5) is 0 Å². The Kier molecular flexibility index (Phi) is 3.54. The summed E-state index contributed by atoms with van der Waals surface area (Å²) in [6.07, 6.45) is 0. The van der Waals surface area contributed by atoms with Crippen molar-refractivity contribution in [3.63, 3.8) is 0 Å². The lowest BCUT2D eigenvalue weighted by Gasteiger charge is -2.11. The van der Waals surface area contributed by atoms with Crippen molar-refractivity contribution in [1.29, 1.82) is 0 Å². The average Bonchev–Trinajstić information content (AvgIpc) is 2.77. The zero-order valence-corrected chi connectivity index (χ0v) is 11.6. The van der Waals surface area contributed by atoms with Gasteiger partial charge >= 0.3 is 0 Å². The first kappa shape index (κ1) is 12.2. The minimum Gasteiger partial charge on any atom is -0.311 e. The Labute approximate surface area is 108 Å². The molecule has 0 saturated heterocycles. The summed E-state index contributed by atoms with van der Waals surface area (Å²) in [5.41, 5.74) is 2.13. The SMILES string of the molecule is CNC(C)c1nnnn1-c1ccc(C)cc1Br. The van der Waals surface area contributed by atoms with Gasteiger partial charge in [0.2, 0.25) is 0 Å². The van der Waals surface area contributed by atoms with E-state index in [9.17, 15) is 0 Å². The summed E-state index contributed by atoms with van der Waals surface area (Å²) in [4.78, 5) is 0. The molecule has 2 rings (SSSR count). The highest BCUT2D eigenvalue weighted by Gasteiger charge is 2.15. The molecule has 0 aliphatic heterocycles. The quantitative estimate of drug-likeness (QED) is 0.941. The van der Waals surface area contributed by atoms with Crippen LogP contribution in [-0.4, -0.2) is 27.3 Å². The maximum absolute atomic E-state index is 4.05. The molecule has 0 aliphatic carbocycles. The molecule has 0 bridgehead atoms. The fourth-order valence-electron chi connectivity index (χ4n) is 1.55. The molecule has 1 N–H and O–H groups in total. The molecule has 0 spiro atoms. The van der Waals surface area contributed by atoms with E-state index in [0.717, 1.165) is 16.0 Å². The Hall–Kier alpha value is -1.27. The van der Waals surface area contributed by atoms with Crippen LogP contribution < -0.4 is 5.32 Å². The van der Waals surface area contributed by atoms with Crippen molar-refractivity contribution < 1.29 is 0 Å². The number of rotatable bonds is 3. The van der Waals surface area contributed by atoms with Gasteiger partial charge in [-0.3, -0.25) is 0 Å². The zero-order chi connectivity index (χ0) is 12.4. The molecule has 90 valence electrons. The van der Waals surface area contributed by atoms with Gasteiger partial charge in [-0.25, -0.2) is 0 Å². The number of halogens is 1. The highest BCUT2D eigenvalue weighted by molar-refractivity contribution is 9.10. The predicted molar refractivity (Wildman–Crippen MR) is 69.1 cm³/mol. The summed E-state index contributed by atoms with van der Waals surface area (Å²) in [5.74, 6) is 0.789. The van der Waals surface area contributed by atoms with Gasteiger partial charge in [-0.1, -0.05) is 6.07 Å². The van der Waals surface area contributed by atoms with Crippen molar-refractivity contribution in [2.75, 3.05) is 7.05 Å². The van der Waals surface area contributed by atoms with Gasteiger partial charge in [-0.05, 0) is 64.9 Å². The van der Waals surface area contributed by atoms with E-state index in [4.69, 9.17) is 0 Å². The minimum atomic E-state index is 0.0956. The van der Waals surface area contributed by atoms with Crippen LogP contribution >= 0.6 is 15.9 Å². The van der Waals surface area contributed by atoms with Crippen molar-refractivity contribution in [3.8, 4) is 5.69 Å². The van der Waals surface area contributed by atoms with Gasteiger partial charge < -0.3 is 5.32 Å². The lowest BCUT2D eigenvalue weighted by molar-refractivity contribution is 0.588. The summed E-state index contributed by atoms with van der Waals surface area (Å²) < 4.78 is 2.72. The first-order valence-corrected chi connectivity index (χ1v) is 6.15. The van der Waals surface area contributed by atoms with Gasteiger partial charge in [-0.2, -0.15) is 4.68 Å². The summed E-state index contributed by atoms with van der Waals surface area (Å²) in [6.45, 7) is 4.07. The van der Waals surface area contributed by atoms with Crippen molar-refractivity contribution in [3.05, 3.63) is 34.1 Å². The van der Waals surface area contributed by atoms with Crippen LogP contribution in [0.2, 0.25) is 0 Å². The molecule has 1 aromatic carbocycles. The molecule has 0 saturated carbocycles. The molecule has 1 heterocycles. The van der Waals surface area contributed by atoms with Crippen molar-refractivity contribution in [2.45, 2.75) is 19.9 Å². The van der Waals surface area contributed by atoms with E-state index >= 15 is 0 Å². The Bertz CT molecular complexity index is 522. The molecular weight excluding hydrogens is 282 g/mol. The van der Waals surface area contributed by atoms with Crippen LogP contribution in [0.3, 0.4) is 0 Å². The van der Waals surface area contributed by atoms with Crippen molar-refractivity contribution in [2.24, 2.45) is 0 Å². The maximum Gasteiger partial charge on any atom is 0.173 e. The minimum absolute atomic E-state index is 0.0956. The average molecular weight is 296 g/mol. The Morgan fingerprint density at radius 1 is 1.41 bits per heavy atom. The van der Waals surface area contributed by atoms with Crippen LogP contribution in [0.1, 0.15) is 24.4 Å². The maximum atomic E-state index is 4.05.